The predicted molar refractivity (Wildman–Crippen MR) is 155 cm³/mol. The number of aliphatic hydroxyl groups excluding tert-OH is 1. The first-order valence-electron chi connectivity index (χ1n) is 13.9. The van der Waals surface area contributed by atoms with Crippen molar-refractivity contribution in [1.29, 1.82) is 0 Å². The SMILES string of the molecule is C[N+](CCN)(CCN)CCC[C@H](N)C(=O)N[C@@H](C(=O)Cc1cnc2ccccc2c1)[C@@H](O)c1ccc(C(F)(F)F)cc1.[Cl-].[Cl-].[Cl-].[Cl-].[Cl-]. The highest BCUT2D eigenvalue weighted by Crippen LogP contribution is 2.30. The van der Waals surface area contributed by atoms with Crippen LogP contribution in [0.25, 0.3) is 10.9 Å². The molecule has 3 aromatic rings. The molecule has 3 rings (SSSR count). The Balaban J connectivity index is -0.00000387. The second kappa shape index (κ2) is 22.6. The van der Waals surface area contributed by atoms with E-state index in [9.17, 15) is 27.9 Å². The highest BCUT2D eigenvalue weighted by molar-refractivity contribution is 5.93. The van der Waals surface area contributed by atoms with E-state index in [1.54, 1.807) is 6.07 Å². The third kappa shape index (κ3) is 14.6. The van der Waals surface area contributed by atoms with Gasteiger partial charge in [0, 0.05) is 31.1 Å². The number of hydrogen-bond donors (Lipinski definition) is 5. The third-order valence-corrected chi connectivity index (χ3v) is 7.45. The van der Waals surface area contributed by atoms with Crippen LogP contribution in [-0.2, 0) is 22.2 Å². The summed E-state index contributed by atoms with van der Waals surface area (Å²) in [5.41, 5.74) is 18.1. The first-order chi connectivity index (χ1) is 19.9. The molecule has 0 aliphatic heterocycles. The minimum Gasteiger partial charge on any atom is -1.00 e. The number of ketones is 1. The summed E-state index contributed by atoms with van der Waals surface area (Å²) in [6, 6.07) is 10.5. The number of aromatic nitrogens is 1. The van der Waals surface area contributed by atoms with Crippen molar-refractivity contribution in [2.45, 2.75) is 43.6 Å². The summed E-state index contributed by atoms with van der Waals surface area (Å²) in [4.78, 5) is 30.9. The van der Waals surface area contributed by atoms with Gasteiger partial charge in [-0.1, -0.05) is 30.3 Å². The largest absolute Gasteiger partial charge is 1.00 e. The first kappa shape index (κ1) is 49.4. The molecular weight excluding hydrogens is 727 g/mol. The molecule has 0 saturated heterocycles. The normalized spacial score (nSPS) is 12.9. The number of fused-ring (bicyclic) bond motifs is 1. The molecule has 8 N–H and O–H groups in total. The number of alkyl halides is 3. The lowest BCUT2D eigenvalue weighted by Crippen LogP contribution is -3.00. The second-order valence-electron chi connectivity index (χ2n) is 10.8. The van der Waals surface area contributed by atoms with Crippen molar-refractivity contribution in [1.82, 2.24) is 10.3 Å². The van der Waals surface area contributed by atoms with Crippen molar-refractivity contribution < 1.29 is 94.4 Å². The van der Waals surface area contributed by atoms with E-state index in [1.165, 1.54) is 6.20 Å². The van der Waals surface area contributed by atoms with Gasteiger partial charge >= 0.3 is 6.18 Å². The Morgan fingerprint density at radius 1 is 0.936 bits per heavy atom. The fraction of sp³-hybridized carbons (Fsp3) is 0.433. The zero-order valence-electron chi connectivity index (χ0n) is 25.6. The third-order valence-electron chi connectivity index (χ3n) is 7.45. The monoisotopic (exact) mass is 764 g/mol. The van der Waals surface area contributed by atoms with E-state index in [0.717, 1.165) is 48.3 Å². The smallest absolute Gasteiger partial charge is 0.416 e. The van der Waals surface area contributed by atoms with Gasteiger partial charge in [0.15, 0.2) is 5.78 Å². The van der Waals surface area contributed by atoms with E-state index in [0.29, 0.717) is 42.5 Å². The number of pyridine rings is 1. The summed E-state index contributed by atoms with van der Waals surface area (Å²) < 4.78 is 39.9. The van der Waals surface area contributed by atoms with E-state index in [-0.39, 0.29) is 74.0 Å². The highest BCUT2D eigenvalue weighted by Gasteiger charge is 2.33. The molecule has 0 aliphatic rings. The molecule has 47 heavy (non-hydrogen) atoms. The van der Waals surface area contributed by atoms with Gasteiger partial charge in [-0.3, -0.25) is 14.6 Å². The van der Waals surface area contributed by atoms with Gasteiger partial charge in [-0.25, -0.2) is 0 Å². The molecule has 0 fully saturated rings. The fourth-order valence-corrected chi connectivity index (χ4v) is 4.96. The summed E-state index contributed by atoms with van der Waals surface area (Å²) in [7, 11) is 2.03. The summed E-state index contributed by atoms with van der Waals surface area (Å²) in [5.74, 6) is -1.20. The molecule has 1 aromatic heterocycles. The van der Waals surface area contributed by atoms with Gasteiger partial charge in [0.05, 0.1) is 43.8 Å². The van der Waals surface area contributed by atoms with E-state index in [4.69, 9.17) is 17.2 Å². The van der Waals surface area contributed by atoms with Crippen LogP contribution in [0.5, 0.6) is 0 Å². The van der Waals surface area contributed by atoms with Crippen molar-refractivity contribution in [2.24, 2.45) is 17.2 Å². The van der Waals surface area contributed by atoms with E-state index < -0.39 is 41.6 Å². The molecule has 0 spiro atoms. The van der Waals surface area contributed by atoms with Crippen LogP contribution in [-0.4, -0.2) is 78.1 Å². The molecule has 0 radical (unpaired) electrons. The van der Waals surface area contributed by atoms with E-state index in [1.807, 2.05) is 31.3 Å². The molecule has 9 nitrogen and oxygen atoms in total. The Morgan fingerprint density at radius 3 is 2.06 bits per heavy atom. The number of nitrogens with zero attached hydrogens (tertiary/aromatic N) is 2. The number of likely N-dealkylation sites (N-methyl/N-ethyl adjacent to an activating group) is 1. The van der Waals surface area contributed by atoms with Crippen molar-refractivity contribution >= 4 is 22.6 Å². The number of nitrogens with one attached hydrogen (secondary N) is 1. The van der Waals surface area contributed by atoms with E-state index >= 15 is 0 Å². The van der Waals surface area contributed by atoms with Crippen LogP contribution < -0.4 is 84.6 Å². The fourth-order valence-electron chi connectivity index (χ4n) is 4.96. The molecule has 2 aromatic carbocycles. The number of hydrogen-bond acceptors (Lipinski definition) is 7. The Morgan fingerprint density at radius 2 is 1.51 bits per heavy atom. The second-order valence-corrected chi connectivity index (χ2v) is 10.8. The van der Waals surface area contributed by atoms with Crippen LogP contribution >= 0.6 is 0 Å². The van der Waals surface area contributed by atoms with Crippen molar-refractivity contribution in [3.05, 3.63) is 77.5 Å². The van der Waals surface area contributed by atoms with Gasteiger partial charge in [-0.2, -0.15) is 13.2 Å². The number of carbonyl (C=O) groups excluding carboxylic acids is 2. The Hall–Kier alpha value is -1.97. The molecule has 0 aliphatic carbocycles. The number of rotatable bonds is 15. The molecule has 3 atom stereocenters. The van der Waals surface area contributed by atoms with Crippen molar-refractivity contribution in [3.8, 4) is 0 Å². The van der Waals surface area contributed by atoms with Crippen LogP contribution in [0.15, 0.2) is 60.8 Å². The molecule has 0 saturated carbocycles. The van der Waals surface area contributed by atoms with Gasteiger partial charge in [-0.15, -0.1) is 0 Å². The maximum atomic E-state index is 13.5. The molecule has 1 heterocycles. The van der Waals surface area contributed by atoms with Crippen LogP contribution in [0, 0.1) is 0 Å². The molecule has 17 heteroatoms. The average molecular weight is 767 g/mol. The number of halogens is 8. The summed E-state index contributed by atoms with van der Waals surface area (Å²) >= 11 is 0. The molecular formula is C30H40Cl5F3N6O3-4. The van der Waals surface area contributed by atoms with Crippen LogP contribution in [0.1, 0.15) is 35.6 Å². The van der Waals surface area contributed by atoms with E-state index in [2.05, 4.69) is 10.3 Å². The summed E-state index contributed by atoms with van der Waals surface area (Å²) in [6.45, 7) is 3.11. The molecule has 268 valence electrons. The number of quaternary nitrogens is 1. The number of benzene rings is 2. The number of para-hydroxylation sites is 1. The number of amides is 1. The number of aliphatic hydroxyl groups is 1. The lowest BCUT2D eigenvalue weighted by molar-refractivity contribution is -0.907. The Bertz CT molecular complexity index is 1350. The Labute approximate surface area is 304 Å². The van der Waals surface area contributed by atoms with Gasteiger partial charge in [0.25, 0.3) is 0 Å². The lowest BCUT2D eigenvalue weighted by Gasteiger charge is -2.34. The van der Waals surface area contributed by atoms with Crippen molar-refractivity contribution in [3.63, 3.8) is 0 Å². The maximum Gasteiger partial charge on any atom is 0.416 e. The standard InChI is InChI=1S/C30H39F3N6O3.5ClH/c1-39(15-12-34,16-13-35)14-4-6-24(36)29(42)38-27(28(41)21-8-10-23(11-9-21)30(31,32)33)26(40)18-20-17-22-5-2-3-7-25(22)37-19-20;;;;;/h2-3,5,7-11,17,19,24,27-28,41H,4,6,12-16,18,34-36H2,1H3;5*1H/p-4/t24-,27-,28-;;;;;/m0...../s1. The number of Topliss-reactive ketones (excluding diaryl/α,β-unsaturated/α-hetero) is 1. The molecule has 0 unspecified atom stereocenters. The first-order valence-corrected chi connectivity index (χ1v) is 13.9. The van der Waals surface area contributed by atoms with Gasteiger partial charge in [-0.05, 0) is 48.2 Å². The molecule has 0 bridgehead atoms. The average Bonchev–Trinajstić information content (AvgIpc) is 2.95. The summed E-state index contributed by atoms with van der Waals surface area (Å²) in [5, 5.41) is 14.5. The van der Waals surface area contributed by atoms with Gasteiger partial charge in [0.2, 0.25) is 5.91 Å². The van der Waals surface area contributed by atoms with Crippen LogP contribution in [0.2, 0.25) is 0 Å². The minimum atomic E-state index is -4.56. The topological polar surface area (TPSA) is 157 Å². The zero-order chi connectivity index (χ0) is 30.9. The predicted octanol–water partition coefficient (Wildman–Crippen LogP) is -12.9. The minimum absolute atomic E-state index is 0. The lowest BCUT2D eigenvalue weighted by atomic mass is 9.94. The van der Waals surface area contributed by atoms with Crippen LogP contribution in [0.4, 0.5) is 13.2 Å². The Kier molecular flexibility index (Phi) is 23.8. The quantitative estimate of drug-likeness (QED) is 0.0963. The van der Waals surface area contributed by atoms with Crippen LogP contribution in [0.3, 0.4) is 0 Å². The number of carbonyl (C=O) groups is 2. The summed E-state index contributed by atoms with van der Waals surface area (Å²) in [6.07, 6.45) is -3.92. The van der Waals surface area contributed by atoms with Gasteiger partial charge in [0.1, 0.15) is 12.1 Å². The number of nitrogens with two attached hydrogens (primary N) is 3. The highest BCUT2D eigenvalue weighted by atomic mass is 35.5. The van der Waals surface area contributed by atoms with Gasteiger partial charge < -0.3 is 94.1 Å². The maximum absolute atomic E-state index is 13.5. The van der Waals surface area contributed by atoms with Crippen molar-refractivity contribution in [2.75, 3.05) is 39.8 Å². The molecule has 1 amide bonds. The zero-order valence-corrected chi connectivity index (χ0v) is 29.4.